The van der Waals surface area contributed by atoms with Crippen LogP contribution in [0.25, 0.3) is 5.69 Å². The highest BCUT2D eigenvalue weighted by molar-refractivity contribution is 7.80. The second-order valence-electron chi connectivity index (χ2n) is 9.92. The number of nitrogens with one attached hydrogen (secondary N) is 2. The summed E-state index contributed by atoms with van der Waals surface area (Å²) < 4.78 is 2.39. The quantitative estimate of drug-likeness (QED) is 0.207. The second-order valence-corrected chi connectivity index (χ2v) is 10.3. The van der Waals surface area contributed by atoms with Gasteiger partial charge in [-0.25, -0.2) is 0 Å². The van der Waals surface area contributed by atoms with Crippen molar-refractivity contribution in [1.82, 2.24) is 19.8 Å². The van der Waals surface area contributed by atoms with Crippen molar-refractivity contribution in [3.8, 4) is 5.69 Å². The average Bonchev–Trinajstić information content (AvgIpc) is 3.39. The number of aromatic nitrogens is 2. The minimum atomic E-state index is -0.0108. The van der Waals surface area contributed by atoms with Gasteiger partial charge >= 0.3 is 0 Å². The van der Waals surface area contributed by atoms with Gasteiger partial charge in [0, 0.05) is 42.0 Å². The third kappa shape index (κ3) is 5.12. The maximum atomic E-state index is 5.91. The van der Waals surface area contributed by atoms with Crippen molar-refractivity contribution in [2.75, 3.05) is 18.4 Å². The minimum Gasteiger partial charge on any atom is -0.385 e. The Balaban J connectivity index is 1.48. The zero-order valence-corrected chi connectivity index (χ0v) is 22.8. The van der Waals surface area contributed by atoms with Crippen molar-refractivity contribution in [3.05, 3.63) is 113 Å². The van der Waals surface area contributed by atoms with Gasteiger partial charge in [-0.05, 0) is 99.4 Å². The lowest BCUT2D eigenvalue weighted by Gasteiger charge is -2.28. The fourth-order valence-electron chi connectivity index (χ4n) is 5.44. The van der Waals surface area contributed by atoms with Crippen LogP contribution in [0, 0.1) is 27.7 Å². The molecule has 1 aliphatic heterocycles. The van der Waals surface area contributed by atoms with Crippen LogP contribution in [-0.4, -0.2) is 32.7 Å². The molecule has 0 radical (unpaired) electrons. The molecular weight excluding hydrogens is 474 g/mol. The maximum Gasteiger partial charge on any atom is 0.170 e. The summed E-state index contributed by atoms with van der Waals surface area (Å²) in [6.07, 6.45) is 2.83. The van der Waals surface area contributed by atoms with Crippen molar-refractivity contribution in [1.29, 1.82) is 0 Å². The SMILES string of the molecule is Cc1ccc(C)c(-n2c(C)cc([C@H]3[C@H](c4ccccn4)NC(=S)N3CCCNc3ccccc3)c2C)c1. The smallest absolute Gasteiger partial charge is 0.170 e. The van der Waals surface area contributed by atoms with Crippen LogP contribution in [0.15, 0.2) is 79.0 Å². The molecule has 4 aromatic rings. The number of anilines is 1. The van der Waals surface area contributed by atoms with Crippen molar-refractivity contribution >= 4 is 23.0 Å². The minimum absolute atomic E-state index is 0.0108. The predicted octanol–water partition coefficient (Wildman–Crippen LogP) is 6.58. The van der Waals surface area contributed by atoms with Gasteiger partial charge in [0.25, 0.3) is 0 Å². The molecule has 1 saturated heterocycles. The summed E-state index contributed by atoms with van der Waals surface area (Å²) in [6, 6.07) is 25.5. The highest BCUT2D eigenvalue weighted by atomic mass is 32.1. The maximum absolute atomic E-state index is 5.91. The topological polar surface area (TPSA) is 45.1 Å². The fourth-order valence-corrected chi connectivity index (χ4v) is 5.77. The Morgan fingerprint density at radius 1 is 0.946 bits per heavy atom. The summed E-state index contributed by atoms with van der Waals surface area (Å²) >= 11 is 5.91. The van der Waals surface area contributed by atoms with Crippen LogP contribution in [-0.2, 0) is 0 Å². The molecule has 0 amide bonds. The highest BCUT2D eigenvalue weighted by Crippen LogP contribution is 2.41. The van der Waals surface area contributed by atoms with Crippen LogP contribution in [0.4, 0.5) is 5.69 Å². The average molecular weight is 510 g/mol. The molecule has 1 fully saturated rings. The highest BCUT2D eigenvalue weighted by Gasteiger charge is 2.41. The van der Waals surface area contributed by atoms with E-state index in [1.165, 1.54) is 33.8 Å². The van der Waals surface area contributed by atoms with E-state index in [9.17, 15) is 0 Å². The van der Waals surface area contributed by atoms with Crippen LogP contribution >= 0.6 is 12.2 Å². The van der Waals surface area contributed by atoms with Gasteiger partial charge < -0.3 is 20.1 Å². The standard InChI is InChI=1S/C31H35N5S/c1-21-14-15-22(2)28(19-21)36-23(3)20-26(24(36)4)30-29(27-13-8-9-16-33-27)34-31(37)35(30)18-10-17-32-25-11-6-5-7-12-25/h5-9,11-16,19-20,29-30,32H,10,17-18H2,1-4H3,(H,34,37)/t29-,30-/m0/s1. The van der Waals surface area contributed by atoms with E-state index in [2.05, 4.69) is 108 Å². The second kappa shape index (κ2) is 10.8. The van der Waals surface area contributed by atoms with E-state index < -0.39 is 0 Å². The molecule has 0 spiro atoms. The molecule has 2 aromatic heterocycles. The van der Waals surface area contributed by atoms with E-state index in [0.29, 0.717) is 0 Å². The third-order valence-electron chi connectivity index (χ3n) is 7.27. The van der Waals surface area contributed by atoms with Crippen molar-refractivity contribution in [3.63, 3.8) is 0 Å². The number of rotatable bonds is 8. The van der Waals surface area contributed by atoms with Gasteiger partial charge in [0.2, 0.25) is 0 Å². The summed E-state index contributed by atoms with van der Waals surface area (Å²) in [7, 11) is 0. The van der Waals surface area contributed by atoms with E-state index in [4.69, 9.17) is 17.2 Å². The Morgan fingerprint density at radius 3 is 2.49 bits per heavy atom. The number of hydrogen-bond acceptors (Lipinski definition) is 3. The summed E-state index contributed by atoms with van der Waals surface area (Å²) in [5.41, 5.74) is 9.68. The number of para-hydroxylation sites is 1. The fraction of sp³-hybridized carbons (Fsp3) is 0.290. The van der Waals surface area contributed by atoms with E-state index >= 15 is 0 Å². The molecular formula is C31H35N5S. The molecule has 190 valence electrons. The predicted molar refractivity (Wildman–Crippen MR) is 156 cm³/mol. The van der Waals surface area contributed by atoms with E-state index in [1.54, 1.807) is 0 Å². The van der Waals surface area contributed by atoms with Gasteiger partial charge in [0.05, 0.1) is 17.8 Å². The Hall–Kier alpha value is -3.64. The Kier molecular flexibility index (Phi) is 7.28. The number of aryl methyl sites for hydroxylation is 3. The molecule has 3 heterocycles. The summed E-state index contributed by atoms with van der Waals surface area (Å²) in [4.78, 5) is 7.07. The molecule has 1 aliphatic rings. The number of benzene rings is 2. The van der Waals surface area contributed by atoms with E-state index in [0.717, 1.165) is 36.0 Å². The first-order valence-corrected chi connectivity index (χ1v) is 13.4. The van der Waals surface area contributed by atoms with E-state index in [1.807, 2.05) is 18.3 Å². The molecule has 0 saturated carbocycles. The van der Waals surface area contributed by atoms with Crippen LogP contribution in [0.1, 0.15) is 52.3 Å². The molecule has 2 aromatic carbocycles. The van der Waals surface area contributed by atoms with Crippen molar-refractivity contribution in [2.45, 2.75) is 46.2 Å². The van der Waals surface area contributed by atoms with Gasteiger partial charge in [-0.3, -0.25) is 4.98 Å². The first-order chi connectivity index (χ1) is 17.9. The van der Waals surface area contributed by atoms with Crippen LogP contribution in [0.3, 0.4) is 0 Å². The van der Waals surface area contributed by atoms with Crippen molar-refractivity contribution in [2.24, 2.45) is 0 Å². The molecule has 0 aliphatic carbocycles. The third-order valence-corrected chi connectivity index (χ3v) is 7.62. The lowest BCUT2D eigenvalue weighted by Crippen LogP contribution is -2.31. The molecule has 6 heteroatoms. The van der Waals surface area contributed by atoms with Crippen LogP contribution in [0.5, 0.6) is 0 Å². The lowest BCUT2D eigenvalue weighted by atomic mass is 9.96. The van der Waals surface area contributed by atoms with Gasteiger partial charge in [-0.2, -0.15) is 0 Å². The molecule has 0 bridgehead atoms. The van der Waals surface area contributed by atoms with Crippen molar-refractivity contribution < 1.29 is 0 Å². The molecule has 37 heavy (non-hydrogen) atoms. The Labute approximate surface area is 225 Å². The Bertz CT molecular complexity index is 1380. The Morgan fingerprint density at radius 2 is 1.73 bits per heavy atom. The number of hydrogen-bond donors (Lipinski definition) is 2. The summed E-state index contributed by atoms with van der Waals surface area (Å²) in [6.45, 7) is 10.5. The van der Waals surface area contributed by atoms with Gasteiger partial charge in [0.1, 0.15) is 0 Å². The molecule has 0 unspecified atom stereocenters. The zero-order valence-electron chi connectivity index (χ0n) is 22.0. The number of pyridine rings is 1. The molecule has 5 rings (SSSR count). The van der Waals surface area contributed by atoms with Crippen LogP contribution < -0.4 is 10.6 Å². The summed E-state index contributed by atoms with van der Waals surface area (Å²) in [5.74, 6) is 0. The first-order valence-electron chi connectivity index (χ1n) is 13.0. The van der Waals surface area contributed by atoms with Crippen LogP contribution in [0.2, 0.25) is 0 Å². The molecule has 5 nitrogen and oxygen atoms in total. The monoisotopic (exact) mass is 509 g/mol. The largest absolute Gasteiger partial charge is 0.385 e. The molecule has 2 atom stereocenters. The summed E-state index contributed by atoms with van der Waals surface area (Å²) in [5, 5.41) is 7.93. The zero-order chi connectivity index (χ0) is 25.9. The first kappa shape index (κ1) is 25.0. The normalized spacial score (nSPS) is 17.2. The lowest BCUT2D eigenvalue weighted by molar-refractivity contribution is 0.315. The van der Waals surface area contributed by atoms with Gasteiger partial charge in [-0.15, -0.1) is 0 Å². The number of thiocarbonyl (C=S) groups is 1. The van der Waals surface area contributed by atoms with Gasteiger partial charge in [0.15, 0.2) is 5.11 Å². The number of nitrogens with zero attached hydrogens (tertiary/aromatic N) is 3. The van der Waals surface area contributed by atoms with E-state index in [-0.39, 0.29) is 12.1 Å². The molecule has 2 N–H and O–H groups in total. The van der Waals surface area contributed by atoms with Gasteiger partial charge in [-0.1, -0.05) is 36.4 Å².